The number of aryl methyl sites for hydroxylation is 1. The van der Waals surface area contributed by atoms with Gasteiger partial charge in [0.05, 0.1) is 23.3 Å². The van der Waals surface area contributed by atoms with Crippen LogP contribution < -0.4 is 30.7 Å². The molecule has 0 aliphatic carbocycles. The number of hydrogen-bond donors (Lipinski definition) is 2. The first-order valence-corrected chi connectivity index (χ1v) is 17.2. The van der Waals surface area contributed by atoms with E-state index in [1.807, 2.05) is 76.3 Å². The summed E-state index contributed by atoms with van der Waals surface area (Å²) in [6.45, 7) is 3.84. The Labute approximate surface area is 294 Å². The van der Waals surface area contributed by atoms with E-state index in [-0.39, 0.29) is 5.91 Å². The van der Waals surface area contributed by atoms with E-state index in [0.717, 1.165) is 53.1 Å². The second-order valence-electron chi connectivity index (χ2n) is 12.4. The lowest BCUT2D eigenvalue weighted by molar-refractivity contribution is -0.376. The Bertz CT molecular complexity index is 1960. The highest BCUT2D eigenvalue weighted by molar-refractivity contribution is 5.98. The molecule has 1 amide bonds. The summed E-state index contributed by atoms with van der Waals surface area (Å²) in [6.07, 6.45) is 4.64. The van der Waals surface area contributed by atoms with Gasteiger partial charge in [-0.1, -0.05) is 30.3 Å². The zero-order valence-corrected chi connectivity index (χ0v) is 27.9. The zero-order chi connectivity index (χ0) is 34.6. The number of aromatic nitrogens is 4. The minimum Gasteiger partial charge on any atom is -0.457 e. The van der Waals surface area contributed by atoms with Crippen LogP contribution in [0.2, 0.25) is 0 Å². The number of hydrogen-bond acceptors (Lipinski definition) is 13. The van der Waals surface area contributed by atoms with Crippen LogP contribution >= 0.6 is 0 Å². The van der Waals surface area contributed by atoms with Crippen molar-refractivity contribution in [2.24, 2.45) is 0 Å². The van der Waals surface area contributed by atoms with E-state index in [4.69, 9.17) is 34.9 Å². The largest absolute Gasteiger partial charge is 0.457 e. The molecule has 2 fully saturated rings. The first-order valence-electron chi connectivity index (χ1n) is 17.2. The number of piperazine rings is 1. The molecule has 3 N–H and O–H groups in total. The van der Waals surface area contributed by atoms with Crippen molar-refractivity contribution in [1.82, 2.24) is 35.5 Å². The number of carbonyl (C=O) groups excluding carboxylic acids is 1. The molecule has 0 saturated carbocycles. The SMILES string of the molecule is Nc1ncnc2c1c(-c1ccc(Oc3ccccc3)cc1)nn2CCCCCC(=O)N1CCN(c2[c]c3c(cc2)ON(C2CCONO2)O3)CC1. The number of fused-ring (bicyclic) bond motifs is 2. The summed E-state index contributed by atoms with van der Waals surface area (Å²) < 4.78 is 7.84. The number of anilines is 2. The van der Waals surface area contributed by atoms with Crippen molar-refractivity contribution in [1.29, 1.82) is 0 Å². The summed E-state index contributed by atoms with van der Waals surface area (Å²) in [5.74, 6) is 3.13. The normalized spacial score (nSPS) is 17.6. The molecule has 2 aromatic heterocycles. The van der Waals surface area contributed by atoms with Gasteiger partial charge >= 0.3 is 0 Å². The van der Waals surface area contributed by atoms with Crippen LogP contribution in [-0.4, -0.2) is 74.8 Å². The summed E-state index contributed by atoms with van der Waals surface area (Å²) in [5.41, 5.74) is 11.9. The van der Waals surface area contributed by atoms with Gasteiger partial charge in [-0.05, 0) is 61.4 Å². The molecule has 15 nitrogen and oxygen atoms in total. The maximum atomic E-state index is 13.1. The molecule has 51 heavy (non-hydrogen) atoms. The molecule has 5 heterocycles. The molecular weight excluding hydrogens is 654 g/mol. The molecule has 1 radical (unpaired) electrons. The quantitative estimate of drug-likeness (QED) is 0.185. The number of hydroxylamine groups is 2. The topological polar surface area (TPSA) is 155 Å². The number of para-hydroxylation sites is 1. The molecule has 15 heteroatoms. The molecule has 1 unspecified atom stereocenters. The van der Waals surface area contributed by atoms with Crippen LogP contribution in [0.3, 0.4) is 0 Å². The predicted octanol–water partition coefficient (Wildman–Crippen LogP) is 4.66. The maximum Gasteiger partial charge on any atom is 0.222 e. The van der Waals surface area contributed by atoms with Crippen molar-refractivity contribution in [2.45, 2.75) is 44.9 Å². The molecule has 5 aromatic rings. The van der Waals surface area contributed by atoms with Crippen LogP contribution in [0.5, 0.6) is 23.0 Å². The fourth-order valence-corrected chi connectivity index (χ4v) is 6.36. The highest BCUT2D eigenvalue weighted by atomic mass is 17.0. The van der Waals surface area contributed by atoms with E-state index in [2.05, 4.69) is 26.6 Å². The Kier molecular flexibility index (Phi) is 9.48. The molecule has 0 spiro atoms. The summed E-state index contributed by atoms with van der Waals surface area (Å²) in [5, 5.41) is 6.93. The van der Waals surface area contributed by atoms with Gasteiger partial charge in [0.1, 0.15) is 29.3 Å². The lowest BCUT2D eigenvalue weighted by atomic mass is 10.1. The lowest BCUT2D eigenvalue weighted by Gasteiger charge is -2.36. The number of rotatable bonds is 11. The molecule has 1 atom stereocenters. The van der Waals surface area contributed by atoms with E-state index in [1.165, 1.54) is 11.6 Å². The van der Waals surface area contributed by atoms with Crippen molar-refractivity contribution < 1.29 is 28.9 Å². The summed E-state index contributed by atoms with van der Waals surface area (Å²) in [7, 11) is 0. The Morgan fingerprint density at radius 2 is 1.76 bits per heavy atom. The lowest BCUT2D eigenvalue weighted by Crippen LogP contribution is -2.48. The number of nitrogens with zero attached hydrogens (tertiary/aromatic N) is 7. The van der Waals surface area contributed by atoms with E-state index < -0.39 is 6.23 Å². The fourth-order valence-electron chi connectivity index (χ4n) is 6.36. The minimum atomic E-state index is -0.444. The molecular formula is C36H38N9O6. The van der Waals surface area contributed by atoms with Crippen molar-refractivity contribution in [3.63, 3.8) is 0 Å². The molecule has 0 bridgehead atoms. The summed E-state index contributed by atoms with van der Waals surface area (Å²) in [4.78, 5) is 47.8. The van der Waals surface area contributed by atoms with E-state index in [0.29, 0.717) is 75.1 Å². The summed E-state index contributed by atoms with van der Waals surface area (Å²) >= 11 is 0. The number of nitrogen functional groups attached to an aromatic ring is 1. The van der Waals surface area contributed by atoms with E-state index in [9.17, 15) is 4.79 Å². The van der Waals surface area contributed by atoms with Crippen molar-refractivity contribution >= 4 is 28.4 Å². The van der Waals surface area contributed by atoms with Crippen molar-refractivity contribution in [3.05, 3.63) is 79.1 Å². The average Bonchev–Trinajstić information content (AvgIpc) is 3.78. The number of nitrogens with two attached hydrogens (primary N) is 1. The van der Waals surface area contributed by atoms with Gasteiger partial charge in [0.2, 0.25) is 17.9 Å². The third-order valence-corrected chi connectivity index (χ3v) is 9.07. The molecule has 263 valence electrons. The third-order valence-electron chi connectivity index (χ3n) is 9.07. The van der Waals surface area contributed by atoms with Crippen LogP contribution in [0.4, 0.5) is 11.5 Å². The van der Waals surface area contributed by atoms with Gasteiger partial charge < -0.3 is 29.9 Å². The number of nitrogens with one attached hydrogen (secondary N) is 1. The van der Waals surface area contributed by atoms with Gasteiger partial charge in [0, 0.05) is 56.8 Å². The Morgan fingerprint density at radius 1 is 0.941 bits per heavy atom. The van der Waals surface area contributed by atoms with Gasteiger partial charge in [-0.25, -0.2) is 14.6 Å². The van der Waals surface area contributed by atoms with Crippen molar-refractivity contribution in [2.75, 3.05) is 43.4 Å². The fraction of sp³-hybridized carbons (Fsp3) is 0.333. The average molecular weight is 693 g/mol. The number of benzene rings is 3. The van der Waals surface area contributed by atoms with Crippen LogP contribution in [-0.2, 0) is 21.0 Å². The van der Waals surface area contributed by atoms with Crippen LogP contribution in [0, 0.1) is 6.07 Å². The van der Waals surface area contributed by atoms with Crippen LogP contribution in [0.15, 0.2) is 73.1 Å². The van der Waals surface area contributed by atoms with Crippen molar-refractivity contribution in [3.8, 4) is 34.3 Å². The molecule has 3 aliphatic heterocycles. The van der Waals surface area contributed by atoms with Crippen LogP contribution in [0.25, 0.3) is 22.3 Å². The molecule has 3 aromatic carbocycles. The second kappa shape index (κ2) is 14.8. The van der Waals surface area contributed by atoms with Gasteiger partial charge in [-0.2, -0.15) is 5.10 Å². The number of unbranched alkanes of at least 4 members (excludes halogenated alkanes) is 2. The standard InChI is InChI=1S/C36H38N9O6/c37-35-33-34(25-10-13-28(14-11-25)48-27-7-3-1-4-8-27)40-44(36(33)39-24-38-35)17-6-2-5-9-31(46)43-20-18-42(19-21-43)26-12-15-29-30(23-26)51-45(50-29)32-16-22-47-41-49-32/h1,3-4,7-8,10-15,24,32,41H,2,5-6,9,16-22H2,(H2,37,38,39). The van der Waals surface area contributed by atoms with Gasteiger partial charge in [0.25, 0.3) is 0 Å². The number of ether oxygens (including phenoxy) is 1. The smallest absolute Gasteiger partial charge is 0.222 e. The summed E-state index contributed by atoms with van der Waals surface area (Å²) in [6, 6.07) is 24.5. The zero-order valence-electron chi connectivity index (χ0n) is 27.9. The monoisotopic (exact) mass is 692 g/mol. The molecule has 2 saturated heterocycles. The molecule has 8 rings (SSSR count). The predicted molar refractivity (Wildman–Crippen MR) is 186 cm³/mol. The second-order valence-corrected chi connectivity index (χ2v) is 12.4. The highest BCUT2D eigenvalue weighted by Crippen LogP contribution is 2.38. The Hall–Kier alpha value is -5.48. The molecule has 3 aliphatic rings. The van der Waals surface area contributed by atoms with E-state index in [1.54, 1.807) is 0 Å². The van der Waals surface area contributed by atoms with Gasteiger partial charge in [-0.15, -0.1) is 0 Å². The maximum absolute atomic E-state index is 13.1. The van der Waals surface area contributed by atoms with E-state index >= 15 is 0 Å². The highest BCUT2D eigenvalue weighted by Gasteiger charge is 2.34. The van der Waals surface area contributed by atoms with Gasteiger partial charge in [0.15, 0.2) is 11.4 Å². The number of carbonyl (C=O) groups is 1. The van der Waals surface area contributed by atoms with Gasteiger partial charge in [-0.3, -0.25) is 14.5 Å². The minimum absolute atomic E-state index is 0.178. The third kappa shape index (κ3) is 7.23. The Morgan fingerprint density at radius 3 is 2.57 bits per heavy atom. The first kappa shape index (κ1) is 32.7. The Balaban J connectivity index is 0.807. The van der Waals surface area contributed by atoms with Crippen LogP contribution in [0.1, 0.15) is 32.1 Å². The number of amides is 1. The first-order chi connectivity index (χ1) is 25.1.